The van der Waals surface area contributed by atoms with Gasteiger partial charge in [-0.2, -0.15) is 11.8 Å². The number of Topliss-reactive ketones (excluding diaryl/α,β-unsaturated/α-hetero) is 1. The third kappa shape index (κ3) is 11.7. The highest BCUT2D eigenvalue weighted by atomic mass is 32.2. The molecule has 20 N–H and O–H groups in total. The Morgan fingerprint density at radius 2 is 1.19 bits per heavy atom. The number of nitrogens with one attached hydrogen (secondary N) is 2. The number of fused-ring (bicyclic) bond motifs is 2. The molecule has 19 atom stereocenters. The topological polar surface area (TPSA) is 408 Å². The van der Waals surface area contributed by atoms with Crippen molar-refractivity contribution in [3.05, 3.63) is 70.3 Å². The van der Waals surface area contributed by atoms with Gasteiger partial charge in [0.05, 0.1) is 24.3 Å². The van der Waals surface area contributed by atoms with Gasteiger partial charge < -0.3 is 104 Å². The number of thiocarbonyl (C=S) groups is 1. The van der Waals surface area contributed by atoms with Crippen LogP contribution in [-0.4, -0.2) is 207 Å². The lowest BCUT2D eigenvalue weighted by atomic mass is 9.83. The molecule has 0 amide bonds. The van der Waals surface area contributed by atoms with Crippen molar-refractivity contribution >= 4 is 46.4 Å². The second-order valence-corrected chi connectivity index (χ2v) is 19.4. The van der Waals surface area contributed by atoms with E-state index in [1.54, 1.807) is 30.3 Å². The van der Waals surface area contributed by atoms with Crippen LogP contribution in [0.15, 0.2) is 42.5 Å². The first-order valence-corrected chi connectivity index (χ1v) is 24.4. The first-order valence-electron chi connectivity index (χ1n) is 22.8. The molecule has 7 unspecified atom stereocenters. The van der Waals surface area contributed by atoms with E-state index < -0.39 is 116 Å². The van der Waals surface area contributed by atoms with Gasteiger partial charge in [0.2, 0.25) is 0 Å². The summed E-state index contributed by atoms with van der Waals surface area (Å²) >= 11 is 6.83. The summed E-state index contributed by atoms with van der Waals surface area (Å²) in [5.74, 6) is -0.0999. The van der Waals surface area contributed by atoms with E-state index in [9.17, 15) is 45.0 Å². The molecule has 382 valence electrons. The SMILES string of the molecule is NCC1O[C@H](O[C@@H]2C(N)C[C@@H](N)C(O)[C@H]2OC2O[C@H](CSCCNC(=S)NCCCC(=O)c3ccc4c(c3)C(=O)c3ccccc3C4=O)[C@H](O[C@H]3O[C@@H](CN)[C@@H](O)C(O)C3N)[C@@H]2O)C(N)[C@@H](O)[C@@H]1O. The van der Waals surface area contributed by atoms with Crippen molar-refractivity contribution in [1.29, 1.82) is 0 Å². The summed E-state index contributed by atoms with van der Waals surface area (Å²) in [7, 11) is 0. The van der Waals surface area contributed by atoms with Crippen molar-refractivity contribution in [1.82, 2.24) is 10.6 Å². The highest BCUT2D eigenvalue weighted by Gasteiger charge is 2.54. The number of ketones is 3. The summed E-state index contributed by atoms with van der Waals surface area (Å²) in [4.78, 5) is 39.2. The smallest absolute Gasteiger partial charge is 0.194 e. The molecule has 2 aliphatic carbocycles. The zero-order valence-corrected chi connectivity index (χ0v) is 39.1. The monoisotopic (exact) mass is 1010 g/mol. The number of benzene rings is 2. The number of hydrogen-bond acceptors (Lipinski definition) is 23. The molecule has 3 heterocycles. The van der Waals surface area contributed by atoms with Crippen molar-refractivity contribution in [3.63, 3.8) is 0 Å². The maximum atomic E-state index is 13.1. The van der Waals surface area contributed by atoms with Gasteiger partial charge in [0.15, 0.2) is 41.3 Å². The fourth-order valence-electron chi connectivity index (χ4n) is 9.10. The Bertz CT molecular complexity index is 2130. The van der Waals surface area contributed by atoms with Gasteiger partial charge in [0.1, 0.15) is 61.0 Å². The van der Waals surface area contributed by atoms with E-state index in [1.807, 2.05) is 0 Å². The lowest BCUT2D eigenvalue weighted by molar-refractivity contribution is -0.306. The van der Waals surface area contributed by atoms with Crippen molar-refractivity contribution in [2.45, 2.75) is 136 Å². The molecule has 0 radical (unpaired) electrons. The molecule has 7 rings (SSSR count). The van der Waals surface area contributed by atoms with Gasteiger partial charge in [0.25, 0.3) is 0 Å². The second kappa shape index (κ2) is 23.5. The molecule has 5 aliphatic rings. The number of carbonyl (C=O) groups is 3. The number of hydrogen-bond donors (Lipinski definition) is 14. The highest BCUT2D eigenvalue weighted by Crippen LogP contribution is 2.36. The molecule has 4 fully saturated rings. The predicted molar refractivity (Wildman–Crippen MR) is 251 cm³/mol. The number of thioether (sulfide) groups is 1. The van der Waals surface area contributed by atoms with E-state index in [0.717, 1.165) is 0 Å². The van der Waals surface area contributed by atoms with Gasteiger partial charge in [0, 0.05) is 84.0 Å². The molecule has 3 saturated heterocycles. The Morgan fingerprint density at radius 1 is 0.652 bits per heavy atom. The number of rotatable bonds is 18. The molecule has 0 spiro atoms. The first-order chi connectivity index (χ1) is 32.9. The zero-order chi connectivity index (χ0) is 49.8. The number of aliphatic hydroxyl groups is 6. The van der Waals surface area contributed by atoms with Crippen LogP contribution in [0.5, 0.6) is 0 Å². The van der Waals surface area contributed by atoms with E-state index in [1.165, 1.54) is 23.9 Å². The third-order valence-corrected chi connectivity index (χ3v) is 14.5. The number of carbonyl (C=O) groups excluding carboxylic acids is 3. The fraction of sp³-hybridized carbons (Fsp3) is 0.636. The van der Waals surface area contributed by atoms with Crippen molar-refractivity contribution in [2.75, 3.05) is 37.7 Å². The average molecular weight is 1010 g/mol. The summed E-state index contributed by atoms with van der Waals surface area (Å²) in [6, 6.07) is 6.86. The van der Waals surface area contributed by atoms with Crippen LogP contribution in [0.3, 0.4) is 0 Å². The largest absolute Gasteiger partial charge is 0.389 e. The Labute approximate surface area is 407 Å². The molecule has 2 aromatic carbocycles. The molecule has 3 aliphatic heterocycles. The summed E-state index contributed by atoms with van der Waals surface area (Å²) < 4.78 is 36.4. The van der Waals surface area contributed by atoms with Gasteiger partial charge in [-0.1, -0.05) is 30.3 Å². The Kier molecular flexibility index (Phi) is 18.3. The predicted octanol–water partition coefficient (Wildman–Crippen LogP) is -5.25. The van der Waals surface area contributed by atoms with Gasteiger partial charge in [-0.05, 0) is 37.2 Å². The molecule has 0 aromatic heterocycles. The Morgan fingerprint density at radius 3 is 1.80 bits per heavy atom. The lowest BCUT2D eigenvalue weighted by Gasteiger charge is -2.47. The molecule has 23 nitrogen and oxygen atoms in total. The van der Waals surface area contributed by atoms with Gasteiger partial charge >= 0.3 is 0 Å². The molecule has 69 heavy (non-hydrogen) atoms. The van der Waals surface area contributed by atoms with E-state index in [4.69, 9.17) is 75.0 Å². The van der Waals surface area contributed by atoms with Crippen LogP contribution in [0, 0.1) is 0 Å². The zero-order valence-electron chi connectivity index (χ0n) is 37.5. The summed E-state index contributed by atoms with van der Waals surface area (Å²) in [5.41, 5.74) is 38.1. The van der Waals surface area contributed by atoms with E-state index in [0.29, 0.717) is 47.1 Å². The van der Waals surface area contributed by atoms with Gasteiger partial charge in [-0.15, -0.1) is 0 Å². The van der Waals surface area contributed by atoms with Crippen LogP contribution in [-0.2, 0) is 28.4 Å². The maximum Gasteiger partial charge on any atom is 0.194 e. The van der Waals surface area contributed by atoms with Crippen LogP contribution >= 0.6 is 24.0 Å². The molecular weight excluding hydrogens is 945 g/mol. The van der Waals surface area contributed by atoms with Crippen molar-refractivity contribution < 1.29 is 73.4 Å². The van der Waals surface area contributed by atoms with Crippen LogP contribution in [0.2, 0.25) is 0 Å². The standard InChI is InChI=1S/C44H64N8O15S2/c45-14-25-33(57)35(59)28(49)41(62-25)65-38-23(48)13-22(47)32(56)40(38)67-43-37(61)39(66-42-29(50)36(60)34(58)26(15-46)63-42)27(64-43)16-69-11-10-52-44(68)51-9-3-6-24(53)17-7-8-20-21(12-17)31(55)19-5-2-1-4-18(19)30(20)54/h1-2,4-5,7-8,12,22-23,25-29,32-43,56-61H,3,6,9-11,13-16,45-50H2,(H2,51,52,68)/t22-,23?,25?,26+,27-,28?,29?,32?,33-,34-,35-,36?,37+,38-,39+,40-,41-,42-,43?/m1/s1. The van der Waals surface area contributed by atoms with E-state index in [2.05, 4.69) is 10.6 Å². The van der Waals surface area contributed by atoms with E-state index >= 15 is 0 Å². The highest BCUT2D eigenvalue weighted by molar-refractivity contribution is 7.99. The Hall–Kier alpha value is -3.23. The van der Waals surface area contributed by atoms with Crippen molar-refractivity contribution in [2.24, 2.45) is 34.4 Å². The quantitative estimate of drug-likeness (QED) is 0.0322. The lowest BCUT2D eigenvalue weighted by Crippen LogP contribution is -2.68. The number of ether oxygens (including phenoxy) is 6. The first kappa shape index (κ1) is 53.6. The van der Waals surface area contributed by atoms with Gasteiger partial charge in [-0.25, -0.2) is 0 Å². The fourth-order valence-corrected chi connectivity index (χ4v) is 10.2. The average Bonchev–Trinajstić information content (AvgIpc) is 3.63. The normalized spacial score (nSPS) is 37.8. The number of nitrogens with two attached hydrogens (primary N) is 6. The maximum absolute atomic E-state index is 13.1. The van der Waals surface area contributed by atoms with Gasteiger partial charge in [-0.3, -0.25) is 14.4 Å². The Balaban J connectivity index is 0.928. The molecule has 1 saturated carbocycles. The molecular formula is C44H64N8O15S2. The molecule has 25 heteroatoms. The summed E-state index contributed by atoms with van der Waals surface area (Å²) in [5, 5.41) is 71.8. The molecule has 0 bridgehead atoms. The second-order valence-electron chi connectivity index (χ2n) is 17.8. The van der Waals surface area contributed by atoms with Crippen LogP contribution in [0.1, 0.15) is 61.5 Å². The van der Waals surface area contributed by atoms with Crippen LogP contribution in [0.4, 0.5) is 0 Å². The summed E-state index contributed by atoms with van der Waals surface area (Å²) in [6.07, 6.45) is -19.2. The third-order valence-electron chi connectivity index (χ3n) is 13.1. The van der Waals surface area contributed by atoms with Crippen LogP contribution < -0.4 is 45.0 Å². The number of aliphatic hydroxyl groups excluding tert-OH is 6. The minimum atomic E-state index is -1.58. The minimum Gasteiger partial charge on any atom is -0.389 e. The van der Waals surface area contributed by atoms with Crippen LogP contribution in [0.25, 0.3) is 0 Å². The summed E-state index contributed by atoms with van der Waals surface area (Å²) in [6.45, 7) is 0.389. The minimum absolute atomic E-state index is 0.0687. The van der Waals surface area contributed by atoms with Crippen molar-refractivity contribution in [3.8, 4) is 0 Å². The molecule has 2 aromatic rings. The van der Waals surface area contributed by atoms with E-state index in [-0.39, 0.29) is 60.2 Å².